The van der Waals surface area contributed by atoms with E-state index in [1.54, 1.807) is 42.5 Å². The Hall–Kier alpha value is -3.14. The molecule has 140 valence electrons. The first-order chi connectivity index (χ1) is 12.8. The number of benzene rings is 2. The topological polar surface area (TPSA) is 140 Å². The van der Waals surface area contributed by atoms with Gasteiger partial charge in [-0.25, -0.2) is 18.4 Å². The lowest BCUT2D eigenvalue weighted by Gasteiger charge is -2.13. The van der Waals surface area contributed by atoms with Crippen molar-refractivity contribution < 1.29 is 22.8 Å². The average molecular weight is 387 g/mol. The van der Waals surface area contributed by atoms with E-state index >= 15 is 0 Å². The van der Waals surface area contributed by atoms with Gasteiger partial charge in [0.15, 0.2) is 0 Å². The molecule has 8 nitrogen and oxygen atoms in total. The molecule has 0 atom stereocenters. The van der Waals surface area contributed by atoms with Crippen LogP contribution in [0.25, 0.3) is 22.3 Å². The van der Waals surface area contributed by atoms with Gasteiger partial charge in [-0.3, -0.25) is 5.21 Å². The number of rotatable bonds is 5. The minimum atomic E-state index is -3.98. The van der Waals surface area contributed by atoms with E-state index < -0.39 is 16.1 Å². The van der Waals surface area contributed by atoms with Crippen LogP contribution in [0.4, 0.5) is 4.79 Å². The molecule has 5 N–H and O–H groups in total. The lowest BCUT2D eigenvalue weighted by Crippen LogP contribution is -2.32. The number of nitrogens with zero attached hydrogens (tertiary/aromatic N) is 1. The summed E-state index contributed by atoms with van der Waals surface area (Å²) in [5.41, 5.74) is 7.10. The summed E-state index contributed by atoms with van der Waals surface area (Å²) in [5.74, 6) is 0.238. The number of carbonyl (C=O) groups excluding carboxylic acids is 1. The van der Waals surface area contributed by atoms with Crippen molar-refractivity contribution >= 4 is 16.1 Å². The van der Waals surface area contributed by atoms with Gasteiger partial charge in [0.25, 0.3) is 0 Å². The van der Waals surface area contributed by atoms with Gasteiger partial charge in [-0.05, 0) is 11.6 Å². The molecule has 0 aliphatic carbocycles. The summed E-state index contributed by atoms with van der Waals surface area (Å²) in [5, 5.41) is 15.3. The van der Waals surface area contributed by atoms with Crippen LogP contribution >= 0.6 is 0 Å². The Bertz CT molecular complexity index is 1080. The van der Waals surface area contributed by atoms with E-state index in [0.717, 1.165) is 0 Å². The Labute approximate surface area is 155 Å². The minimum Gasteiger partial charge on any atom is -0.466 e. The molecule has 0 saturated heterocycles. The van der Waals surface area contributed by atoms with Crippen molar-refractivity contribution in [2.24, 2.45) is 10.9 Å². The first kappa shape index (κ1) is 18.6. The van der Waals surface area contributed by atoms with Crippen molar-refractivity contribution in [1.82, 2.24) is 5.06 Å². The van der Waals surface area contributed by atoms with E-state index in [9.17, 15) is 18.4 Å². The third-order valence-corrected chi connectivity index (χ3v) is 4.93. The summed E-state index contributed by atoms with van der Waals surface area (Å²) < 4.78 is 29.5. The molecule has 1 heterocycles. The van der Waals surface area contributed by atoms with Gasteiger partial charge in [0.1, 0.15) is 12.3 Å². The van der Waals surface area contributed by atoms with Crippen LogP contribution in [0.15, 0.2) is 70.2 Å². The fourth-order valence-electron chi connectivity index (χ4n) is 2.79. The van der Waals surface area contributed by atoms with Gasteiger partial charge < -0.3 is 10.2 Å². The first-order valence-corrected chi connectivity index (χ1v) is 9.37. The Kier molecular flexibility index (Phi) is 5.00. The zero-order valence-electron chi connectivity index (χ0n) is 14.1. The fraction of sp³-hybridized carbons (Fsp3) is 0.0556. The minimum absolute atomic E-state index is 0.0645. The lowest BCUT2D eigenvalue weighted by molar-refractivity contribution is -0.0511. The van der Waals surface area contributed by atoms with Crippen LogP contribution in [-0.2, 0) is 16.6 Å². The van der Waals surface area contributed by atoms with Gasteiger partial charge in [-0.15, -0.1) is 0 Å². The van der Waals surface area contributed by atoms with Crippen molar-refractivity contribution in [2.45, 2.75) is 11.4 Å². The average Bonchev–Trinajstić information content (AvgIpc) is 3.05. The van der Waals surface area contributed by atoms with Gasteiger partial charge in [0.05, 0.1) is 11.2 Å². The van der Waals surface area contributed by atoms with E-state index in [2.05, 4.69) is 0 Å². The number of urea groups is 1. The Morgan fingerprint density at radius 2 is 1.67 bits per heavy atom. The molecule has 1 aromatic heterocycles. The summed E-state index contributed by atoms with van der Waals surface area (Å²) >= 11 is 0. The predicted octanol–water partition coefficient (Wildman–Crippen LogP) is 2.53. The Morgan fingerprint density at radius 3 is 2.30 bits per heavy atom. The summed E-state index contributed by atoms with van der Waals surface area (Å²) in [6.07, 6.45) is 1.36. The molecule has 0 bridgehead atoms. The molecule has 0 unspecified atom stereocenters. The van der Waals surface area contributed by atoms with Crippen molar-refractivity contribution in [2.75, 3.05) is 0 Å². The molecule has 0 saturated carbocycles. The van der Waals surface area contributed by atoms with Crippen LogP contribution in [0, 0.1) is 0 Å². The number of primary amides is 1. The van der Waals surface area contributed by atoms with Gasteiger partial charge in [0, 0.05) is 16.7 Å². The number of hydrogen-bond acceptors (Lipinski definition) is 5. The number of sulfonamides is 1. The molecule has 0 spiro atoms. The fourth-order valence-corrected chi connectivity index (χ4v) is 3.54. The number of furan rings is 1. The number of hydroxylamine groups is 2. The number of hydrogen-bond donors (Lipinski definition) is 3. The van der Waals surface area contributed by atoms with Crippen LogP contribution in [0.5, 0.6) is 0 Å². The van der Waals surface area contributed by atoms with Gasteiger partial charge in [-0.2, -0.15) is 5.06 Å². The molecule has 0 fully saturated rings. The maximum atomic E-state index is 12.0. The monoisotopic (exact) mass is 387 g/mol. The Balaban J connectivity index is 2.24. The maximum Gasteiger partial charge on any atom is 0.338 e. The second-order valence-corrected chi connectivity index (χ2v) is 7.28. The number of carbonyl (C=O) groups is 1. The van der Waals surface area contributed by atoms with E-state index in [0.29, 0.717) is 27.3 Å². The molecule has 0 aliphatic rings. The third kappa shape index (κ3) is 3.85. The molecule has 9 heteroatoms. The SMILES string of the molecule is NC(=O)N(O)Cc1occ(-c2ccccc2S(N)(=O)=O)c1-c1ccccc1. The quantitative estimate of drug-likeness (QED) is 0.456. The zero-order chi connectivity index (χ0) is 19.6. The summed E-state index contributed by atoms with van der Waals surface area (Å²) in [6, 6.07) is 14.2. The second kappa shape index (κ2) is 7.23. The van der Waals surface area contributed by atoms with Crippen LogP contribution in [0.3, 0.4) is 0 Å². The van der Waals surface area contributed by atoms with E-state index in [4.69, 9.17) is 15.3 Å². The number of amides is 2. The molecule has 3 rings (SSSR count). The van der Waals surface area contributed by atoms with E-state index in [1.807, 2.05) is 6.07 Å². The maximum absolute atomic E-state index is 12.0. The van der Waals surface area contributed by atoms with Crippen LogP contribution < -0.4 is 10.9 Å². The summed E-state index contributed by atoms with van der Waals surface area (Å²) in [7, 11) is -3.98. The van der Waals surface area contributed by atoms with E-state index in [-0.39, 0.29) is 17.2 Å². The molecule has 2 amide bonds. The predicted molar refractivity (Wildman–Crippen MR) is 97.9 cm³/mol. The lowest BCUT2D eigenvalue weighted by atomic mass is 9.96. The number of primary sulfonamides is 1. The molecule has 27 heavy (non-hydrogen) atoms. The van der Waals surface area contributed by atoms with Crippen molar-refractivity contribution in [1.29, 1.82) is 0 Å². The molecule has 2 aromatic carbocycles. The van der Waals surface area contributed by atoms with Crippen molar-refractivity contribution in [3.8, 4) is 22.3 Å². The van der Waals surface area contributed by atoms with Gasteiger partial charge in [-0.1, -0.05) is 48.5 Å². The largest absolute Gasteiger partial charge is 0.466 e. The van der Waals surface area contributed by atoms with Crippen molar-refractivity contribution in [3.63, 3.8) is 0 Å². The molecule has 3 aromatic rings. The summed E-state index contributed by atoms with van der Waals surface area (Å²) in [6.45, 7) is -0.308. The zero-order valence-corrected chi connectivity index (χ0v) is 14.9. The summed E-state index contributed by atoms with van der Waals surface area (Å²) in [4.78, 5) is 11.1. The van der Waals surface area contributed by atoms with Crippen LogP contribution in [0.2, 0.25) is 0 Å². The van der Waals surface area contributed by atoms with Crippen molar-refractivity contribution in [3.05, 3.63) is 66.6 Å². The second-order valence-electron chi connectivity index (χ2n) is 5.75. The molecular formula is C18H17N3O5S. The highest BCUT2D eigenvalue weighted by molar-refractivity contribution is 7.89. The molecular weight excluding hydrogens is 370 g/mol. The first-order valence-electron chi connectivity index (χ1n) is 7.83. The Morgan fingerprint density at radius 1 is 1.04 bits per heavy atom. The molecule has 0 radical (unpaired) electrons. The third-order valence-electron chi connectivity index (χ3n) is 3.96. The normalized spacial score (nSPS) is 11.3. The van der Waals surface area contributed by atoms with E-state index in [1.165, 1.54) is 12.3 Å². The standard InChI is InChI=1S/C18H17N3O5S/c19-18(22)21(23)10-15-17(12-6-2-1-3-7-12)14(11-26-15)13-8-4-5-9-16(13)27(20,24)25/h1-9,11,23H,10H2,(H2,19,22)(H2,20,24,25). The highest BCUT2D eigenvalue weighted by atomic mass is 32.2. The van der Waals surface area contributed by atoms with Crippen LogP contribution in [-0.4, -0.2) is 24.7 Å². The van der Waals surface area contributed by atoms with Gasteiger partial charge >= 0.3 is 6.03 Å². The highest BCUT2D eigenvalue weighted by Gasteiger charge is 2.23. The number of nitrogens with two attached hydrogens (primary N) is 2. The smallest absolute Gasteiger partial charge is 0.338 e. The van der Waals surface area contributed by atoms with Gasteiger partial charge in [0.2, 0.25) is 10.0 Å². The molecule has 0 aliphatic heterocycles. The highest BCUT2D eigenvalue weighted by Crippen LogP contribution is 2.39. The van der Waals surface area contributed by atoms with Crippen LogP contribution in [0.1, 0.15) is 5.76 Å².